The van der Waals surface area contributed by atoms with Crippen molar-refractivity contribution in [3.05, 3.63) is 71.3 Å². The molecule has 0 aliphatic carbocycles. The molecule has 3 rings (SSSR count). The largest absolute Gasteiger partial charge is 0.507 e. The van der Waals surface area contributed by atoms with Gasteiger partial charge in [-0.15, -0.1) is 0 Å². The Morgan fingerprint density at radius 3 is 2.27 bits per heavy atom. The maximum atomic E-state index is 13.0. The first-order valence-electron chi connectivity index (χ1n) is 10.9. The van der Waals surface area contributed by atoms with Crippen molar-refractivity contribution in [1.29, 1.82) is 0 Å². The molecular weight excluding hydrogens is 422 g/mol. The lowest BCUT2D eigenvalue weighted by atomic mass is 9.95. The standard InChI is InChI=1S/C25H29N3O5/c1-3-27(4-2)14-15-28-22(17-10-12-19(13-11-17)33-16-20(26)29)21(24(31)25(28)32)23(30)18-8-6-5-7-9-18/h5-13,22,30H,3-4,14-16H2,1-2H3,(H2,26,29). The summed E-state index contributed by atoms with van der Waals surface area (Å²) in [5.74, 6) is -1.72. The van der Waals surface area contributed by atoms with E-state index in [1.165, 1.54) is 4.90 Å². The summed E-state index contributed by atoms with van der Waals surface area (Å²) in [5, 5.41) is 11.0. The lowest BCUT2D eigenvalue weighted by molar-refractivity contribution is -0.140. The Morgan fingerprint density at radius 1 is 1.06 bits per heavy atom. The maximum absolute atomic E-state index is 13.0. The number of likely N-dealkylation sites (N-methyl/N-ethyl adjacent to an activating group) is 1. The molecule has 1 unspecified atom stereocenters. The predicted molar refractivity (Wildman–Crippen MR) is 124 cm³/mol. The molecule has 0 aromatic heterocycles. The van der Waals surface area contributed by atoms with Gasteiger partial charge >= 0.3 is 0 Å². The van der Waals surface area contributed by atoms with Crippen LogP contribution in [0, 0.1) is 0 Å². The number of benzene rings is 2. The first kappa shape index (κ1) is 24.0. The van der Waals surface area contributed by atoms with E-state index in [0.717, 1.165) is 13.1 Å². The number of hydrogen-bond donors (Lipinski definition) is 2. The fourth-order valence-corrected chi connectivity index (χ4v) is 3.90. The summed E-state index contributed by atoms with van der Waals surface area (Å²) in [7, 11) is 0. The van der Waals surface area contributed by atoms with E-state index >= 15 is 0 Å². The van der Waals surface area contributed by atoms with Gasteiger partial charge in [-0.25, -0.2) is 0 Å². The Kier molecular flexibility index (Phi) is 7.84. The number of Topliss-reactive ketones (excluding diaryl/α,β-unsaturated/α-hetero) is 1. The normalized spacial score (nSPS) is 17.5. The number of aliphatic hydroxyl groups is 1. The molecule has 0 radical (unpaired) electrons. The molecule has 2 aromatic carbocycles. The summed E-state index contributed by atoms with van der Waals surface area (Å²) in [6, 6.07) is 14.7. The van der Waals surface area contributed by atoms with Crippen LogP contribution in [0.1, 0.15) is 31.0 Å². The lowest BCUT2D eigenvalue weighted by Crippen LogP contribution is -2.38. The van der Waals surface area contributed by atoms with Crippen LogP contribution in [0.2, 0.25) is 0 Å². The molecule has 1 saturated heterocycles. The van der Waals surface area contributed by atoms with E-state index in [2.05, 4.69) is 4.90 Å². The Balaban J connectivity index is 2.02. The van der Waals surface area contributed by atoms with Gasteiger partial charge in [0.2, 0.25) is 0 Å². The second kappa shape index (κ2) is 10.8. The number of ketones is 1. The van der Waals surface area contributed by atoms with Crippen LogP contribution in [0.5, 0.6) is 5.75 Å². The van der Waals surface area contributed by atoms with Gasteiger partial charge in [-0.2, -0.15) is 0 Å². The molecular formula is C25H29N3O5. The number of primary amides is 1. The first-order chi connectivity index (χ1) is 15.9. The molecule has 2 aromatic rings. The monoisotopic (exact) mass is 451 g/mol. The molecule has 174 valence electrons. The number of nitrogens with zero attached hydrogens (tertiary/aromatic N) is 2. The maximum Gasteiger partial charge on any atom is 0.295 e. The summed E-state index contributed by atoms with van der Waals surface area (Å²) in [6.07, 6.45) is 0. The van der Waals surface area contributed by atoms with Crippen molar-refractivity contribution in [2.45, 2.75) is 19.9 Å². The Hall–Kier alpha value is -3.65. The van der Waals surface area contributed by atoms with E-state index in [1.54, 1.807) is 48.5 Å². The molecule has 0 bridgehead atoms. The third kappa shape index (κ3) is 5.40. The summed E-state index contributed by atoms with van der Waals surface area (Å²) in [6.45, 7) is 6.40. The highest BCUT2D eigenvalue weighted by molar-refractivity contribution is 6.46. The van der Waals surface area contributed by atoms with E-state index in [0.29, 0.717) is 30.0 Å². The Morgan fingerprint density at radius 2 is 1.70 bits per heavy atom. The summed E-state index contributed by atoms with van der Waals surface area (Å²) in [4.78, 5) is 40.7. The van der Waals surface area contributed by atoms with Crippen molar-refractivity contribution in [1.82, 2.24) is 9.80 Å². The Bertz CT molecular complexity index is 1030. The molecule has 0 saturated carbocycles. The molecule has 1 atom stereocenters. The van der Waals surface area contributed by atoms with Crippen molar-refractivity contribution in [2.24, 2.45) is 5.73 Å². The van der Waals surface area contributed by atoms with Crippen LogP contribution < -0.4 is 10.5 Å². The molecule has 1 aliphatic heterocycles. The smallest absolute Gasteiger partial charge is 0.295 e. The summed E-state index contributed by atoms with van der Waals surface area (Å²) >= 11 is 0. The third-order valence-corrected chi connectivity index (χ3v) is 5.72. The number of amides is 2. The predicted octanol–water partition coefficient (Wildman–Crippen LogP) is 2.31. The van der Waals surface area contributed by atoms with Crippen molar-refractivity contribution in [3.63, 3.8) is 0 Å². The zero-order chi connectivity index (χ0) is 24.0. The van der Waals surface area contributed by atoms with Crippen molar-refractivity contribution < 1.29 is 24.2 Å². The highest BCUT2D eigenvalue weighted by Gasteiger charge is 2.45. The second-order valence-electron chi connectivity index (χ2n) is 7.71. The van der Waals surface area contributed by atoms with Gasteiger partial charge in [0.1, 0.15) is 11.5 Å². The molecule has 2 amide bonds. The van der Waals surface area contributed by atoms with E-state index in [9.17, 15) is 19.5 Å². The Labute approximate surface area is 193 Å². The lowest BCUT2D eigenvalue weighted by Gasteiger charge is -2.28. The molecule has 3 N–H and O–H groups in total. The number of rotatable bonds is 10. The van der Waals surface area contributed by atoms with Gasteiger partial charge in [0, 0.05) is 18.7 Å². The third-order valence-electron chi connectivity index (χ3n) is 5.72. The van der Waals surface area contributed by atoms with Crippen molar-refractivity contribution >= 4 is 23.4 Å². The number of aliphatic hydroxyl groups excluding tert-OH is 1. The number of hydrogen-bond acceptors (Lipinski definition) is 6. The van der Waals surface area contributed by atoms with Crippen LogP contribution in [0.25, 0.3) is 5.76 Å². The quantitative estimate of drug-likeness (QED) is 0.326. The first-order valence-corrected chi connectivity index (χ1v) is 10.9. The SMILES string of the molecule is CCN(CC)CCN1C(=O)C(=O)C(=C(O)c2ccccc2)C1c1ccc(OCC(N)=O)cc1. The number of likely N-dealkylation sites (tertiary alicyclic amines) is 1. The van der Waals surface area contributed by atoms with Gasteiger partial charge < -0.3 is 25.4 Å². The van der Waals surface area contributed by atoms with Crippen molar-refractivity contribution in [2.75, 3.05) is 32.8 Å². The van der Waals surface area contributed by atoms with E-state index in [4.69, 9.17) is 10.5 Å². The van der Waals surface area contributed by atoms with Crippen LogP contribution in [0.4, 0.5) is 0 Å². The number of carbonyl (C=O) groups excluding carboxylic acids is 3. The average molecular weight is 452 g/mol. The molecule has 1 fully saturated rings. The zero-order valence-electron chi connectivity index (χ0n) is 18.9. The molecule has 1 heterocycles. The van der Waals surface area contributed by atoms with Gasteiger partial charge in [-0.1, -0.05) is 56.3 Å². The zero-order valence-corrected chi connectivity index (χ0v) is 18.9. The van der Waals surface area contributed by atoms with Gasteiger partial charge in [-0.05, 0) is 30.8 Å². The van der Waals surface area contributed by atoms with Crippen molar-refractivity contribution in [3.8, 4) is 5.75 Å². The molecule has 33 heavy (non-hydrogen) atoms. The number of ether oxygens (including phenoxy) is 1. The van der Waals surface area contributed by atoms with E-state index < -0.39 is 23.6 Å². The minimum atomic E-state index is -0.744. The average Bonchev–Trinajstić information content (AvgIpc) is 3.08. The minimum Gasteiger partial charge on any atom is -0.507 e. The molecule has 1 aliphatic rings. The highest BCUT2D eigenvalue weighted by atomic mass is 16.5. The van der Waals surface area contributed by atoms with Crippen LogP contribution >= 0.6 is 0 Å². The van der Waals surface area contributed by atoms with Crippen LogP contribution in [0.15, 0.2) is 60.2 Å². The van der Waals surface area contributed by atoms with E-state index in [-0.39, 0.29) is 17.9 Å². The molecule has 8 nitrogen and oxygen atoms in total. The fourth-order valence-electron chi connectivity index (χ4n) is 3.90. The number of nitrogens with two attached hydrogens (primary N) is 1. The highest BCUT2D eigenvalue weighted by Crippen LogP contribution is 2.39. The van der Waals surface area contributed by atoms with Crippen LogP contribution in [-0.4, -0.2) is 65.3 Å². The summed E-state index contributed by atoms with van der Waals surface area (Å²) in [5.41, 5.74) is 6.29. The van der Waals surface area contributed by atoms with Gasteiger partial charge in [0.25, 0.3) is 17.6 Å². The topological polar surface area (TPSA) is 113 Å². The molecule has 0 spiro atoms. The fraction of sp³-hybridized carbons (Fsp3) is 0.320. The van der Waals surface area contributed by atoms with Crippen LogP contribution in [0.3, 0.4) is 0 Å². The van der Waals surface area contributed by atoms with Gasteiger partial charge in [-0.3, -0.25) is 14.4 Å². The van der Waals surface area contributed by atoms with Gasteiger partial charge in [0.05, 0.1) is 11.6 Å². The van der Waals surface area contributed by atoms with E-state index in [1.807, 2.05) is 19.9 Å². The van der Waals surface area contributed by atoms with Crippen LogP contribution in [-0.2, 0) is 14.4 Å². The summed E-state index contributed by atoms with van der Waals surface area (Å²) < 4.78 is 5.32. The second-order valence-corrected chi connectivity index (χ2v) is 7.71. The minimum absolute atomic E-state index is 0.0524. The number of carbonyl (C=O) groups is 3. The van der Waals surface area contributed by atoms with Gasteiger partial charge in [0.15, 0.2) is 6.61 Å². The molecule has 8 heteroatoms.